The first kappa shape index (κ1) is 18.6. The molecule has 2 aromatic carbocycles. The molecular formula is C18H20F2N2O3S. The van der Waals surface area contributed by atoms with E-state index in [1.165, 1.54) is 7.05 Å². The van der Waals surface area contributed by atoms with Gasteiger partial charge in [-0.1, -0.05) is 12.1 Å². The van der Waals surface area contributed by atoms with Crippen molar-refractivity contribution < 1.29 is 21.9 Å². The molecule has 26 heavy (non-hydrogen) atoms. The molecule has 0 fully saturated rings. The van der Waals surface area contributed by atoms with E-state index >= 15 is 0 Å². The SMILES string of the molecule is CCN1C[C@@H](CN(C)S(=O)(=O)c2ccc(F)c(F)c2)Oc2ccccc21. The van der Waals surface area contributed by atoms with Crippen molar-refractivity contribution in [1.29, 1.82) is 0 Å². The van der Waals surface area contributed by atoms with Gasteiger partial charge in [0.15, 0.2) is 11.6 Å². The number of ether oxygens (including phenoxy) is 1. The molecule has 1 atom stereocenters. The van der Waals surface area contributed by atoms with Crippen LogP contribution in [0.5, 0.6) is 5.75 Å². The second kappa shape index (κ2) is 7.20. The minimum Gasteiger partial charge on any atom is -0.485 e. The van der Waals surface area contributed by atoms with Crippen molar-refractivity contribution in [2.75, 3.05) is 31.6 Å². The van der Waals surface area contributed by atoms with Gasteiger partial charge in [0.1, 0.15) is 11.9 Å². The van der Waals surface area contributed by atoms with Gasteiger partial charge in [0.05, 0.1) is 23.7 Å². The number of halogens is 2. The Balaban J connectivity index is 1.79. The van der Waals surface area contributed by atoms with E-state index < -0.39 is 21.7 Å². The maximum absolute atomic E-state index is 13.4. The molecule has 0 bridgehead atoms. The van der Waals surface area contributed by atoms with E-state index in [1.54, 1.807) is 0 Å². The maximum Gasteiger partial charge on any atom is 0.243 e. The van der Waals surface area contributed by atoms with E-state index in [2.05, 4.69) is 4.90 Å². The molecule has 3 rings (SSSR count). The van der Waals surface area contributed by atoms with E-state index in [4.69, 9.17) is 4.74 Å². The van der Waals surface area contributed by atoms with Gasteiger partial charge in [0, 0.05) is 13.6 Å². The molecule has 0 unspecified atom stereocenters. The monoisotopic (exact) mass is 382 g/mol. The second-order valence-electron chi connectivity index (χ2n) is 6.11. The van der Waals surface area contributed by atoms with Gasteiger partial charge in [0.2, 0.25) is 10.0 Å². The topological polar surface area (TPSA) is 49.9 Å². The maximum atomic E-state index is 13.4. The van der Waals surface area contributed by atoms with Gasteiger partial charge in [-0.3, -0.25) is 0 Å². The van der Waals surface area contributed by atoms with E-state index in [9.17, 15) is 17.2 Å². The van der Waals surface area contributed by atoms with Gasteiger partial charge in [-0.25, -0.2) is 17.2 Å². The smallest absolute Gasteiger partial charge is 0.243 e. The number of rotatable bonds is 5. The van der Waals surface area contributed by atoms with Gasteiger partial charge in [-0.2, -0.15) is 4.31 Å². The molecule has 2 aromatic rings. The number of nitrogens with zero attached hydrogens (tertiary/aromatic N) is 2. The molecule has 0 saturated carbocycles. The zero-order valence-electron chi connectivity index (χ0n) is 14.5. The Morgan fingerprint density at radius 2 is 1.92 bits per heavy atom. The number of anilines is 1. The molecule has 140 valence electrons. The third-order valence-electron chi connectivity index (χ3n) is 4.37. The van der Waals surface area contributed by atoms with Gasteiger partial charge in [-0.15, -0.1) is 0 Å². The van der Waals surface area contributed by atoms with Crippen LogP contribution in [0.15, 0.2) is 47.4 Å². The van der Waals surface area contributed by atoms with Crippen molar-refractivity contribution in [2.24, 2.45) is 0 Å². The van der Waals surface area contributed by atoms with Crippen LogP contribution in [0.2, 0.25) is 0 Å². The third-order valence-corrected chi connectivity index (χ3v) is 6.18. The fourth-order valence-corrected chi connectivity index (χ4v) is 4.19. The molecule has 1 heterocycles. The van der Waals surface area contributed by atoms with Crippen molar-refractivity contribution in [3.8, 4) is 5.75 Å². The Kier molecular flexibility index (Phi) is 5.15. The first-order chi connectivity index (χ1) is 12.3. The van der Waals surface area contributed by atoms with Crippen LogP contribution in [0.4, 0.5) is 14.5 Å². The summed E-state index contributed by atoms with van der Waals surface area (Å²) in [4.78, 5) is 1.82. The van der Waals surface area contributed by atoms with Gasteiger partial charge >= 0.3 is 0 Å². The number of fused-ring (bicyclic) bond motifs is 1. The lowest BCUT2D eigenvalue weighted by Gasteiger charge is -2.36. The fourth-order valence-electron chi connectivity index (χ4n) is 2.98. The van der Waals surface area contributed by atoms with Crippen LogP contribution in [0, 0.1) is 11.6 Å². The molecule has 0 aromatic heterocycles. The Morgan fingerprint density at radius 3 is 2.62 bits per heavy atom. The van der Waals surface area contributed by atoms with Crippen LogP contribution in [0.3, 0.4) is 0 Å². The number of hydrogen-bond acceptors (Lipinski definition) is 4. The Bertz CT molecular complexity index is 905. The highest BCUT2D eigenvalue weighted by atomic mass is 32.2. The predicted octanol–water partition coefficient (Wildman–Crippen LogP) is 2.87. The largest absolute Gasteiger partial charge is 0.485 e. The van der Waals surface area contributed by atoms with Gasteiger partial charge in [0.25, 0.3) is 0 Å². The Hall–Kier alpha value is -2.19. The van der Waals surface area contributed by atoms with E-state index in [-0.39, 0.29) is 17.5 Å². The minimum absolute atomic E-state index is 0.0894. The third kappa shape index (κ3) is 3.52. The fraction of sp³-hybridized carbons (Fsp3) is 0.333. The summed E-state index contributed by atoms with van der Waals surface area (Å²) in [6.07, 6.45) is -0.380. The van der Waals surface area contributed by atoms with Gasteiger partial charge in [-0.05, 0) is 37.3 Å². The number of hydrogen-bond donors (Lipinski definition) is 0. The van der Waals surface area contributed by atoms with Crippen molar-refractivity contribution in [3.63, 3.8) is 0 Å². The highest BCUT2D eigenvalue weighted by molar-refractivity contribution is 7.89. The minimum atomic E-state index is -3.95. The summed E-state index contributed by atoms with van der Waals surface area (Å²) in [6, 6.07) is 10.1. The summed E-state index contributed by atoms with van der Waals surface area (Å²) < 4.78 is 58.8. The van der Waals surface area contributed by atoms with Crippen LogP contribution < -0.4 is 9.64 Å². The van der Waals surface area contributed by atoms with Crippen LogP contribution in [0.1, 0.15) is 6.92 Å². The zero-order valence-corrected chi connectivity index (χ0v) is 15.3. The van der Waals surface area contributed by atoms with E-state index in [0.717, 1.165) is 28.7 Å². The van der Waals surface area contributed by atoms with Crippen LogP contribution in [-0.4, -0.2) is 45.5 Å². The van der Waals surface area contributed by atoms with Gasteiger partial charge < -0.3 is 9.64 Å². The Morgan fingerprint density at radius 1 is 1.19 bits per heavy atom. The summed E-state index contributed by atoms with van der Waals surface area (Å²) in [5.41, 5.74) is 0.970. The molecule has 1 aliphatic heterocycles. The first-order valence-electron chi connectivity index (χ1n) is 8.25. The molecule has 0 aliphatic carbocycles. The van der Waals surface area contributed by atoms with Crippen LogP contribution in [-0.2, 0) is 10.0 Å². The van der Waals surface area contributed by atoms with E-state index in [1.807, 2.05) is 31.2 Å². The van der Waals surface area contributed by atoms with Crippen molar-refractivity contribution in [2.45, 2.75) is 17.9 Å². The molecule has 1 aliphatic rings. The summed E-state index contributed by atoms with van der Waals surface area (Å²) >= 11 is 0. The number of benzene rings is 2. The average molecular weight is 382 g/mol. The summed E-state index contributed by atoms with van der Waals surface area (Å²) in [5, 5.41) is 0. The van der Waals surface area contributed by atoms with Crippen molar-refractivity contribution >= 4 is 15.7 Å². The highest BCUT2D eigenvalue weighted by Crippen LogP contribution is 2.33. The number of likely N-dealkylation sites (N-methyl/N-ethyl adjacent to an activating group) is 2. The molecule has 0 amide bonds. The normalized spacial score (nSPS) is 17.1. The van der Waals surface area contributed by atoms with Crippen molar-refractivity contribution in [1.82, 2.24) is 4.31 Å². The molecule has 0 N–H and O–H groups in total. The second-order valence-corrected chi connectivity index (χ2v) is 8.15. The Labute approximate surface area is 151 Å². The van der Waals surface area contributed by atoms with Crippen LogP contribution >= 0.6 is 0 Å². The average Bonchev–Trinajstić information content (AvgIpc) is 2.63. The highest BCUT2D eigenvalue weighted by Gasteiger charge is 2.30. The summed E-state index contributed by atoms with van der Waals surface area (Å²) in [6.45, 7) is 3.40. The number of para-hydroxylation sites is 2. The number of sulfonamides is 1. The lowest BCUT2D eigenvalue weighted by molar-refractivity contribution is 0.171. The molecule has 5 nitrogen and oxygen atoms in total. The molecule has 8 heteroatoms. The first-order valence-corrected chi connectivity index (χ1v) is 9.69. The van der Waals surface area contributed by atoms with Crippen LogP contribution in [0.25, 0.3) is 0 Å². The quantitative estimate of drug-likeness (QED) is 0.798. The molecular weight excluding hydrogens is 362 g/mol. The molecule has 0 saturated heterocycles. The standard InChI is InChI=1S/C18H20F2N2O3S/c1-3-22-12-13(25-18-7-5-4-6-17(18)22)11-21(2)26(23,24)14-8-9-15(19)16(20)10-14/h4-10,13H,3,11-12H2,1-2H3/t13-/m1/s1. The summed E-state index contributed by atoms with van der Waals surface area (Å²) in [5.74, 6) is -1.58. The zero-order chi connectivity index (χ0) is 18.9. The molecule has 0 radical (unpaired) electrons. The van der Waals surface area contributed by atoms with E-state index in [0.29, 0.717) is 18.4 Å². The lowest BCUT2D eigenvalue weighted by Crippen LogP contribution is -2.46. The molecule has 0 spiro atoms. The van der Waals surface area contributed by atoms with Crippen molar-refractivity contribution in [3.05, 3.63) is 54.1 Å². The summed E-state index contributed by atoms with van der Waals surface area (Å²) in [7, 11) is -2.55. The predicted molar refractivity (Wildman–Crippen MR) is 94.9 cm³/mol. The lowest BCUT2D eigenvalue weighted by atomic mass is 10.2.